The molecule has 1 atom stereocenters. The van der Waals surface area contributed by atoms with Gasteiger partial charge in [0.1, 0.15) is 17.1 Å². The van der Waals surface area contributed by atoms with Crippen LogP contribution in [-0.4, -0.2) is 20.8 Å². The van der Waals surface area contributed by atoms with Crippen LogP contribution < -0.4 is 11.1 Å². The van der Waals surface area contributed by atoms with Gasteiger partial charge in [-0.05, 0) is 20.8 Å². The van der Waals surface area contributed by atoms with Gasteiger partial charge >= 0.3 is 0 Å². The van der Waals surface area contributed by atoms with Crippen molar-refractivity contribution >= 4 is 11.7 Å². The van der Waals surface area contributed by atoms with Crippen LogP contribution in [0.1, 0.15) is 40.3 Å². The maximum atomic E-state index is 12.1. The molecule has 7 nitrogen and oxygen atoms in total. The van der Waals surface area contributed by atoms with Gasteiger partial charge in [0.05, 0.1) is 17.9 Å². The monoisotopic (exact) mass is 263 g/mol. The summed E-state index contributed by atoms with van der Waals surface area (Å²) in [6, 6.07) is -0.210. The number of aryl methyl sites for hydroxylation is 3. The molecule has 0 bridgehead atoms. The Morgan fingerprint density at radius 2 is 2.21 bits per heavy atom. The van der Waals surface area contributed by atoms with E-state index in [9.17, 15) is 4.79 Å². The Morgan fingerprint density at radius 1 is 1.53 bits per heavy atom. The van der Waals surface area contributed by atoms with Crippen LogP contribution in [0.5, 0.6) is 0 Å². The largest absolute Gasteiger partial charge is 0.383 e. The van der Waals surface area contributed by atoms with Gasteiger partial charge in [0, 0.05) is 12.6 Å². The number of carbonyl (C=O) groups excluding carboxylic acids is 1. The van der Waals surface area contributed by atoms with Gasteiger partial charge in [0.2, 0.25) is 0 Å². The summed E-state index contributed by atoms with van der Waals surface area (Å²) in [5.74, 6) is 0.769. The Bertz CT molecular complexity index is 594. The molecule has 0 saturated heterocycles. The molecule has 1 amide bonds. The summed E-state index contributed by atoms with van der Waals surface area (Å²) in [5, 5.41) is 10.7. The van der Waals surface area contributed by atoms with Gasteiger partial charge in [-0.15, -0.1) is 0 Å². The van der Waals surface area contributed by atoms with E-state index in [1.54, 1.807) is 7.05 Å². The summed E-state index contributed by atoms with van der Waals surface area (Å²) in [7, 11) is 1.68. The second-order valence-corrected chi connectivity index (χ2v) is 4.50. The minimum Gasteiger partial charge on any atom is -0.383 e. The lowest BCUT2D eigenvalue weighted by Crippen LogP contribution is -2.27. The number of hydrogen-bond donors (Lipinski definition) is 2. The number of nitrogens with one attached hydrogen (secondary N) is 1. The van der Waals surface area contributed by atoms with Crippen LogP contribution in [0.2, 0.25) is 0 Å². The van der Waals surface area contributed by atoms with E-state index in [2.05, 4.69) is 15.6 Å². The van der Waals surface area contributed by atoms with Gasteiger partial charge in [0.25, 0.3) is 5.91 Å². The Hall–Kier alpha value is -2.31. The fourth-order valence-electron chi connectivity index (χ4n) is 2.08. The van der Waals surface area contributed by atoms with Gasteiger partial charge in [-0.25, -0.2) is 0 Å². The molecular weight excluding hydrogens is 246 g/mol. The number of nitrogens with two attached hydrogens (primary N) is 1. The standard InChI is InChI=1S/C12H17N5O2/c1-6(10-7(2)16-19-8(10)3)15-12(18)9-5-14-17(4)11(9)13/h5-6H,13H2,1-4H3,(H,15,18). The topological polar surface area (TPSA) is 99.0 Å². The summed E-state index contributed by atoms with van der Waals surface area (Å²) >= 11 is 0. The highest BCUT2D eigenvalue weighted by Crippen LogP contribution is 2.21. The lowest BCUT2D eigenvalue weighted by Gasteiger charge is -2.13. The van der Waals surface area contributed by atoms with Crippen molar-refractivity contribution < 1.29 is 9.32 Å². The molecule has 0 saturated carbocycles. The summed E-state index contributed by atoms with van der Waals surface area (Å²) < 4.78 is 6.54. The number of nitrogens with zero attached hydrogens (tertiary/aromatic N) is 3. The first-order chi connectivity index (χ1) is 8.91. The van der Waals surface area contributed by atoms with Gasteiger partial charge in [-0.3, -0.25) is 9.48 Å². The molecule has 0 spiro atoms. The number of anilines is 1. The minimum absolute atomic E-state index is 0.210. The van der Waals surface area contributed by atoms with Crippen LogP contribution in [-0.2, 0) is 7.05 Å². The Kier molecular flexibility index (Phi) is 3.28. The molecule has 0 aromatic carbocycles. The van der Waals surface area contributed by atoms with Crippen LogP contribution in [0.4, 0.5) is 5.82 Å². The molecule has 2 heterocycles. The fraction of sp³-hybridized carbons (Fsp3) is 0.417. The highest BCUT2D eigenvalue weighted by Gasteiger charge is 2.21. The maximum absolute atomic E-state index is 12.1. The van der Waals surface area contributed by atoms with Crippen molar-refractivity contribution in [1.82, 2.24) is 20.3 Å². The van der Waals surface area contributed by atoms with Crippen LogP contribution in [0.15, 0.2) is 10.7 Å². The number of rotatable bonds is 3. The highest BCUT2D eigenvalue weighted by molar-refractivity contribution is 5.98. The maximum Gasteiger partial charge on any atom is 0.257 e. The van der Waals surface area contributed by atoms with E-state index >= 15 is 0 Å². The lowest BCUT2D eigenvalue weighted by molar-refractivity contribution is 0.0940. The minimum atomic E-state index is -0.266. The molecule has 0 aliphatic carbocycles. The molecule has 7 heteroatoms. The zero-order valence-electron chi connectivity index (χ0n) is 11.4. The number of carbonyl (C=O) groups is 1. The van der Waals surface area contributed by atoms with Gasteiger partial charge in [-0.1, -0.05) is 5.16 Å². The van der Waals surface area contributed by atoms with Crippen LogP contribution >= 0.6 is 0 Å². The van der Waals surface area contributed by atoms with Gasteiger partial charge in [-0.2, -0.15) is 5.10 Å². The van der Waals surface area contributed by atoms with Crippen molar-refractivity contribution in [1.29, 1.82) is 0 Å². The predicted octanol–water partition coefficient (Wildman–Crippen LogP) is 1.10. The second kappa shape index (κ2) is 4.75. The van der Waals surface area contributed by atoms with Gasteiger partial charge in [0.15, 0.2) is 0 Å². The normalized spacial score (nSPS) is 12.4. The van der Waals surface area contributed by atoms with Crippen molar-refractivity contribution in [2.24, 2.45) is 7.05 Å². The third-order valence-electron chi connectivity index (χ3n) is 3.10. The fourth-order valence-corrected chi connectivity index (χ4v) is 2.08. The molecule has 3 N–H and O–H groups in total. The van der Waals surface area contributed by atoms with E-state index in [0.29, 0.717) is 17.1 Å². The molecule has 0 aliphatic heterocycles. The summed E-state index contributed by atoms with van der Waals surface area (Å²) in [4.78, 5) is 12.1. The first-order valence-corrected chi connectivity index (χ1v) is 5.93. The number of hydrogen-bond acceptors (Lipinski definition) is 5. The summed E-state index contributed by atoms with van der Waals surface area (Å²) in [6.45, 7) is 5.53. The number of amides is 1. The number of nitrogen functional groups attached to an aromatic ring is 1. The van der Waals surface area contributed by atoms with Crippen molar-refractivity contribution in [3.63, 3.8) is 0 Å². The van der Waals surface area contributed by atoms with Crippen molar-refractivity contribution in [2.45, 2.75) is 26.8 Å². The number of aromatic nitrogens is 3. The molecule has 0 radical (unpaired) electrons. The quantitative estimate of drug-likeness (QED) is 0.863. The van der Waals surface area contributed by atoms with E-state index in [0.717, 1.165) is 11.3 Å². The third-order valence-corrected chi connectivity index (χ3v) is 3.10. The van der Waals surface area contributed by atoms with Crippen molar-refractivity contribution in [2.75, 3.05) is 5.73 Å². The average molecular weight is 263 g/mol. The van der Waals surface area contributed by atoms with E-state index in [1.165, 1.54) is 10.9 Å². The van der Waals surface area contributed by atoms with Crippen molar-refractivity contribution in [3.05, 3.63) is 28.8 Å². The summed E-state index contributed by atoms with van der Waals surface area (Å²) in [6.07, 6.45) is 1.45. The predicted molar refractivity (Wildman–Crippen MR) is 69.5 cm³/mol. The van der Waals surface area contributed by atoms with Crippen LogP contribution in [0.25, 0.3) is 0 Å². The van der Waals surface area contributed by atoms with Crippen LogP contribution in [0.3, 0.4) is 0 Å². The average Bonchev–Trinajstić information content (AvgIpc) is 2.84. The van der Waals surface area contributed by atoms with E-state index in [1.807, 2.05) is 20.8 Å². The van der Waals surface area contributed by atoms with Gasteiger partial charge < -0.3 is 15.6 Å². The molecule has 19 heavy (non-hydrogen) atoms. The Morgan fingerprint density at radius 3 is 2.68 bits per heavy atom. The van der Waals surface area contributed by atoms with Crippen molar-refractivity contribution in [3.8, 4) is 0 Å². The highest BCUT2D eigenvalue weighted by atomic mass is 16.5. The first-order valence-electron chi connectivity index (χ1n) is 5.93. The molecule has 2 rings (SSSR count). The molecule has 102 valence electrons. The smallest absolute Gasteiger partial charge is 0.257 e. The zero-order chi connectivity index (χ0) is 14.2. The molecule has 1 unspecified atom stereocenters. The van der Waals surface area contributed by atoms with E-state index in [4.69, 9.17) is 10.3 Å². The Balaban J connectivity index is 2.18. The van der Waals surface area contributed by atoms with Crippen LogP contribution in [0, 0.1) is 13.8 Å². The molecule has 2 aromatic heterocycles. The molecular formula is C12H17N5O2. The lowest BCUT2D eigenvalue weighted by atomic mass is 10.1. The summed E-state index contributed by atoms with van der Waals surface area (Å²) in [5.41, 5.74) is 7.78. The van der Waals surface area contributed by atoms with E-state index in [-0.39, 0.29) is 11.9 Å². The van der Waals surface area contributed by atoms with E-state index < -0.39 is 0 Å². The first kappa shape index (κ1) is 13.1. The Labute approximate surface area is 110 Å². The third kappa shape index (κ3) is 2.31. The molecule has 2 aromatic rings. The molecule has 0 aliphatic rings. The zero-order valence-corrected chi connectivity index (χ0v) is 11.4. The second-order valence-electron chi connectivity index (χ2n) is 4.50. The molecule has 0 fully saturated rings. The SMILES string of the molecule is Cc1noc(C)c1C(C)NC(=O)c1cnn(C)c1N.